The van der Waals surface area contributed by atoms with Crippen molar-refractivity contribution in [2.75, 3.05) is 18.8 Å². The molecule has 1 fully saturated rings. The number of hydrogen-bond acceptors (Lipinski definition) is 4. The van der Waals surface area contributed by atoms with Crippen molar-refractivity contribution in [3.8, 4) is 0 Å². The molecule has 2 aliphatic rings. The van der Waals surface area contributed by atoms with Crippen molar-refractivity contribution in [3.63, 3.8) is 0 Å². The molecule has 0 aromatic heterocycles. The summed E-state index contributed by atoms with van der Waals surface area (Å²) in [5, 5.41) is 11.9. The van der Waals surface area contributed by atoms with Crippen molar-refractivity contribution >= 4 is 23.5 Å². The number of amidine groups is 1. The van der Waals surface area contributed by atoms with E-state index in [1.54, 1.807) is 11.8 Å². The molecule has 3 N–H and O–H groups in total. The number of rotatable bonds is 2. The number of nitrogens with zero attached hydrogens (tertiary/aromatic N) is 2. The summed E-state index contributed by atoms with van der Waals surface area (Å²) < 4.78 is 0. The second-order valence-electron chi connectivity index (χ2n) is 5.55. The Kier molecular flexibility index (Phi) is 4.05. The molecular formula is C15H19N3O2S. The molecule has 2 unspecified atom stereocenters. The highest BCUT2D eigenvalue weighted by Gasteiger charge is 2.34. The van der Waals surface area contributed by atoms with Gasteiger partial charge in [-0.2, -0.15) is 0 Å². The van der Waals surface area contributed by atoms with Crippen LogP contribution in [0.15, 0.2) is 34.3 Å². The molecule has 2 aliphatic heterocycles. The van der Waals surface area contributed by atoms with Gasteiger partial charge in [-0.3, -0.25) is 4.79 Å². The number of benzene rings is 1. The Labute approximate surface area is 128 Å². The van der Waals surface area contributed by atoms with Gasteiger partial charge in [-0.15, -0.1) is 11.8 Å². The lowest BCUT2D eigenvalue weighted by Crippen LogP contribution is -2.46. The summed E-state index contributed by atoms with van der Waals surface area (Å²) in [5.41, 5.74) is 6.84. The number of nitrogens with two attached hydrogens (primary N) is 1. The van der Waals surface area contributed by atoms with E-state index in [0.717, 1.165) is 30.7 Å². The maximum atomic E-state index is 12.8. The second-order valence-corrected chi connectivity index (χ2v) is 6.61. The van der Waals surface area contributed by atoms with Gasteiger partial charge in [-0.05, 0) is 24.5 Å². The van der Waals surface area contributed by atoms with Crippen LogP contribution in [0.2, 0.25) is 0 Å². The number of piperidine rings is 1. The fraction of sp³-hybridized carbons (Fsp3) is 0.467. The van der Waals surface area contributed by atoms with Crippen molar-refractivity contribution in [3.05, 3.63) is 29.8 Å². The van der Waals surface area contributed by atoms with Crippen LogP contribution in [0.5, 0.6) is 0 Å². The molecule has 6 heteroatoms. The average Bonchev–Trinajstić information content (AvgIpc) is 2.97. The fourth-order valence-electron chi connectivity index (χ4n) is 3.09. The highest BCUT2D eigenvalue weighted by Crippen LogP contribution is 2.40. The van der Waals surface area contributed by atoms with Gasteiger partial charge in [0.25, 0.3) is 0 Å². The third-order valence-electron chi connectivity index (χ3n) is 4.26. The van der Waals surface area contributed by atoms with Crippen LogP contribution in [0.4, 0.5) is 0 Å². The number of hydrogen-bond donors (Lipinski definition) is 2. The molecule has 3 rings (SSSR count). The molecule has 0 saturated carbocycles. The zero-order valence-corrected chi connectivity index (χ0v) is 12.6. The summed E-state index contributed by atoms with van der Waals surface area (Å²) in [6.45, 7) is 1.31. The summed E-state index contributed by atoms with van der Waals surface area (Å²) in [6.07, 6.45) is 1.77. The highest BCUT2D eigenvalue weighted by atomic mass is 32.2. The Morgan fingerprint density at radius 2 is 2.24 bits per heavy atom. The van der Waals surface area contributed by atoms with Crippen molar-refractivity contribution in [2.45, 2.75) is 23.7 Å². The van der Waals surface area contributed by atoms with E-state index in [4.69, 9.17) is 10.9 Å². The molecule has 5 nitrogen and oxygen atoms in total. The van der Waals surface area contributed by atoms with Crippen LogP contribution in [0.3, 0.4) is 0 Å². The number of carbonyl (C=O) groups excluding carboxylic acids is 1. The predicted octanol–water partition coefficient (Wildman–Crippen LogP) is 1.86. The van der Waals surface area contributed by atoms with E-state index in [1.807, 2.05) is 23.1 Å². The topological polar surface area (TPSA) is 78.9 Å². The largest absolute Gasteiger partial charge is 0.409 e. The van der Waals surface area contributed by atoms with E-state index in [2.05, 4.69) is 11.2 Å². The normalized spacial score (nSPS) is 25.7. The summed E-state index contributed by atoms with van der Waals surface area (Å²) in [6, 6.07) is 8.11. The number of amides is 1. The van der Waals surface area contributed by atoms with Crippen LogP contribution in [-0.4, -0.2) is 40.7 Å². The van der Waals surface area contributed by atoms with Crippen molar-refractivity contribution < 1.29 is 10.0 Å². The van der Waals surface area contributed by atoms with Gasteiger partial charge in [0.1, 0.15) is 5.84 Å². The molecule has 21 heavy (non-hydrogen) atoms. The van der Waals surface area contributed by atoms with Crippen molar-refractivity contribution in [1.29, 1.82) is 0 Å². The molecule has 2 heterocycles. The number of thioether (sulfide) groups is 1. The lowest BCUT2D eigenvalue weighted by molar-refractivity contribution is -0.133. The average molecular weight is 305 g/mol. The monoisotopic (exact) mass is 305 g/mol. The Bertz CT molecular complexity index is 576. The first-order valence-corrected chi connectivity index (χ1v) is 8.17. The van der Waals surface area contributed by atoms with E-state index in [0.29, 0.717) is 6.54 Å². The zero-order valence-electron chi connectivity index (χ0n) is 11.7. The number of fused-ring (bicyclic) bond motifs is 1. The standard InChI is InChI=1S/C15H19N3O2S/c16-14(17-20)10-4-3-7-18(8-10)15(19)12-9-21-13-6-2-1-5-11(12)13/h1-2,5-6,10,12,20H,3-4,7-9H2,(H2,16,17). The van der Waals surface area contributed by atoms with Gasteiger partial charge < -0.3 is 15.8 Å². The summed E-state index contributed by atoms with van der Waals surface area (Å²) in [7, 11) is 0. The first kappa shape index (κ1) is 14.3. The first-order valence-electron chi connectivity index (χ1n) is 7.18. The van der Waals surface area contributed by atoms with Gasteiger partial charge in [0.05, 0.1) is 5.92 Å². The molecule has 112 valence electrons. The molecule has 2 atom stereocenters. The summed E-state index contributed by atoms with van der Waals surface area (Å²) in [4.78, 5) is 15.9. The Morgan fingerprint density at radius 1 is 1.43 bits per heavy atom. The van der Waals surface area contributed by atoms with E-state index in [-0.39, 0.29) is 23.6 Å². The number of likely N-dealkylation sites (tertiary alicyclic amines) is 1. The quantitative estimate of drug-likeness (QED) is 0.378. The van der Waals surface area contributed by atoms with Crippen LogP contribution in [-0.2, 0) is 4.79 Å². The van der Waals surface area contributed by atoms with Gasteiger partial charge >= 0.3 is 0 Å². The fourth-order valence-corrected chi connectivity index (χ4v) is 4.31. The molecule has 0 bridgehead atoms. The molecule has 1 aromatic rings. The highest BCUT2D eigenvalue weighted by molar-refractivity contribution is 7.99. The molecule has 1 saturated heterocycles. The summed E-state index contributed by atoms with van der Waals surface area (Å²) >= 11 is 1.74. The van der Waals surface area contributed by atoms with Crippen LogP contribution < -0.4 is 5.73 Å². The molecule has 0 radical (unpaired) electrons. The van der Waals surface area contributed by atoms with E-state index < -0.39 is 0 Å². The second kappa shape index (κ2) is 5.97. The Balaban J connectivity index is 1.74. The Hall–Kier alpha value is -1.69. The van der Waals surface area contributed by atoms with Crippen LogP contribution in [0.25, 0.3) is 0 Å². The third-order valence-corrected chi connectivity index (χ3v) is 5.45. The van der Waals surface area contributed by atoms with Crippen molar-refractivity contribution in [1.82, 2.24) is 4.90 Å². The van der Waals surface area contributed by atoms with Gasteiger partial charge in [-0.25, -0.2) is 0 Å². The molecule has 1 amide bonds. The van der Waals surface area contributed by atoms with Gasteiger partial charge in [-0.1, -0.05) is 23.4 Å². The van der Waals surface area contributed by atoms with Crippen LogP contribution in [0, 0.1) is 5.92 Å². The van der Waals surface area contributed by atoms with Crippen LogP contribution in [0.1, 0.15) is 24.3 Å². The van der Waals surface area contributed by atoms with Crippen LogP contribution >= 0.6 is 11.8 Å². The molecule has 1 aromatic carbocycles. The lowest BCUT2D eigenvalue weighted by atomic mass is 9.94. The molecular weight excluding hydrogens is 286 g/mol. The Morgan fingerprint density at radius 3 is 3.05 bits per heavy atom. The first-order chi connectivity index (χ1) is 10.2. The minimum atomic E-state index is -0.0581. The number of carbonyl (C=O) groups is 1. The lowest BCUT2D eigenvalue weighted by Gasteiger charge is -2.33. The zero-order chi connectivity index (χ0) is 14.8. The van der Waals surface area contributed by atoms with Gasteiger partial charge in [0.2, 0.25) is 5.91 Å². The minimum Gasteiger partial charge on any atom is -0.409 e. The van der Waals surface area contributed by atoms with Gasteiger partial charge in [0.15, 0.2) is 0 Å². The summed E-state index contributed by atoms with van der Waals surface area (Å²) in [5.74, 6) is 1.12. The third kappa shape index (κ3) is 2.72. The minimum absolute atomic E-state index is 0.0306. The maximum Gasteiger partial charge on any atom is 0.231 e. The van der Waals surface area contributed by atoms with E-state index in [1.165, 1.54) is 4.90 Å². The molecule has 0 aliphatic carbocycles. The maximum absolute atomic E-state index is 12.8. The van der Waals surface area contributed by atoms with Gasteiger partial charge in [0, 0.05) is 29.7 Å². The van der Waals surface area contributed by atoms with E-state index >= 15 is 0 Å². The smallest absolute Gasteiger partial charge is 0.231 e. The van der Waals surface area contributed by atoms with E-state index in [9.17, 15) is 4.79 Å². The number of oxime groups is 1. The SMILES string of the molecule is NC(=NO)C1CCCN(C(=O)C2CSc3ccccc32)C1. The predicted molar refractivity (Wildman–Crippen MR) is 82.6 cm³/mol. The van der Waals surface area contributed by atoms with Crippen molar-refractivity contribution in [2.24, 2.45) is 16.8 Å². The molecule has 0 spiro atoms.